The number of halogens is 1. The molecule has 0 saturated heterocycles. The lowest BCUT2D eigenvalue weighted by Gasteiger charge is -2.05. The van der Waals surface area contributed by atoms with Crippen LogP contribution in [-0.4, -0.2) is 22.4 Å². The van der Waals surface area contributed by atoms with Gasteiger partial charge in [0.15, 0.2) is 0 Å². The van der Waals surface area contributed by atoms with Crippen LogP contribution in [0.4, 0.5) is 11.5 Å². The molecule has 0 fully saturated rings. The van der Waals surface area contributed by atoms with Gasteiger partial charge in [-0.3, -0.25) is 14.9 Å². The van der Waals surface area contributed by atoms with Crippen LogP contribution in [-0.2, 0) is 4.79 Å². The molecule has 0 bridgehead atoms. The molecule has 1 rings (SSSR count). The van der Waals surface area contributed by atoms with Crippen molar-refractivity contribution in [3.05, 3.63) is 26.9 Å². The number of nitrogens with zero attached hydrogens (tertiary/aromatic N) is 2. The molecule has 0 spiro atoms. The topological polar surface area (TPSA) is 111 Å². The van der Waals surface area contributed by atoms with Gasteiger partial charge >= 0.3 is 0 Å². The monoisotopic (exact) mass is 288 g/mol. The molecule has 0 aliphatic heterocycles. The molecule has 1 aromatic rings. The Hall–Kier alpha value is -1.70. The Bertz CT molecular complexity index is 424. The highest BCUT2D eigenvalue weighted by atomic mass is 79.9. The predicted octanol–water partition coefficient (Wildman–Crippen LogP) is 1.04. The molecular formula is C8H9BrN4O3. The Morgan fingerprint density at radius 2 is 2.38 bits per heavy atom. The summed E-state index contributed by atoms with van der Waals surface area (Å²) < 4.78 is 0.464. The van der Waals surface area contributed by atoms with Gasteiger partial charge in [0.05, 0.1) is 9.40 Å². The van der Waals surface area contributed by atoms with Gasteiger partial charge in [0.1, 0.15) is 12.0 Å². The Morgan fingerprint density at radius 1 is 1.69 bits per heavy atom. The van der Waals surface area contributed by atoms with Crippen molar-refractivity contribution < 1.29 is 9.72 Å². The van der Waals surface area contributed by atoms with Gasteiger partial charge in [-0.05, 0) is 15.9 Å². The van der Waals surface area contributed by atoms with E-state index in [4.69, 9.17) is 5.73 Å². The summed E-state index contributed by atoms with van der Waals surface area (Å²) in [5.41, 5.74) is 4.85. The van der Waals surface area contributed by atoms with E-state index in [-0.39, 0.29) is 12.1 Å². The third-order valence-corrected chi connectivity index (χ3v) is 2.31. The number of nitrogens with one attached hydrogen (secondary N) is 1. The lowest BCUT2D eigenvalue weighted by atomic mass is 10.4. The molecule has 0 aromatic carbocycles. The predicted molar refractivity (Wildman–Crippen MR) is 60.9 cm³/mol. The van der Waals surface area contributed by atoms with Crippen molar-refractivity contribution >= 4 is 33.3 Å². The smallest absolute Gasteiger partial charge is 0.288 e. The summed E-state index contributed by atoms with van der Waals surface area (Å²) in [4.78, 5) is 24.2. The van der Waals surface area contributed by atoms with E-state index >= 15 is 0 Å². The fraction of sp³-hybridized carbons (Fsp3) is 0.250. The summed E-state index contributed by atoms with van der Waals surface area (Å²) in [6, 6.07) is 1.33. The van der Waals surface area contributed by atoms with E-state index in [1.54, 1.807) is 0 Å². The molecular weight excluding hydrogens is 280 g/mol. The van der Waals surface area contributed by atoms with Crippen LogP contribution in [0, 0.1) is 10.1 Å². The number of nitro groups is 1. The maximum Gasteiger partial charge on any atom is 0.288 e. The number of aromatic nitrogens is 1. The van der Waals surface area contributed by atoms with E-state index in [1.807, 2.05) is 0 Å². The number of pyridine rings is 1. The van der Waals surface area contributed by atoms with Gasteiger partial charge in [-0.15, -0.1) is 0 Å². The Labute approximate surface area is 99.3 Å². The zero-order valence-corrected chi connectivity index (χ0v) is 9.73. The summed E-state index contributed by atoms with van der Waals surface area (Å²) in [5.74, 6) is 0.0115. The van der Waals surface area contributed by atoms with Gasteiger partial charge in [0, 0.05) is 19.0 Å². The molecule has 8 heteroatoms. The fourth-order valence-corrected chi connectivity index (χ4v) is 1.44. The van der Waals surface area contributed by atoms with Gasteiger partial charge in [0.2, 0.25) is 5.91 Å². The van der Waals surface area contributed by atoms with Crippen LogP contribution >= 0.6 is 15.9 Å². The minimum Gasteiger partial charge on any atom is -0.370 e. The Kier molecular flexibility index (Phi) is 4.18. The molecule has 16 heavy (non-hydrogen) atoms. The van der Waals surface area contributed by atoms with Crippen molar-refractivity contribution in [3.63, 3.8) is 0 Å². The highest BCUT2D eigenvalue weighted by Gasteiger charge is 2.10. The van der Waals surface area contributed by atoms with Crippen molar-refractivity contribution in [2.75, 3.05) is 11.9 Å². The van der Waals surface area contributed by atoms with Gasteiger partial charge in [-0.25, -0.2) is 4.98 Å². The molecule has 86 valence electrons. The van der Waals surface area contributed by atoms with E-state index < -0.39 is 10.8 Å². The maximum absolute atomic E-state index is 10.5. The number of amides is 1. The summed E-state index contributed by atoms with van der Waals surface area (Å²) in [6.07, 6.45) is 1.31. The molecule has 0 aliphatic carbocycles. The second kappa shape index (κ2) is 5.40. The SMILES string of the molecule is NC(=O)CCNc1ncc([N+](=O)[O-])cc1Br. The minimum absolute atomic E-state index is 0.104. The molecule has 0 atom stereocenters. The van der Waals surface area contributed by atoms with Crippen LogP contribution in [0.15, 0.2) is 16.7 Å². The third-order valence-electron chi connectivity index (χ3n) is 1.70. The number of hydrogen-bond acceptors (Lipinski definition) is 5. The van der Waals surface area contributed by atoms with Crippen LogP contribution in [0.25, 0.3) is 0 Å². The molecule has 0 aliphatic rings. The van der Waals surface area contributed by atoms with E-state index in [2.05, 4.69) is 26.2 Å². The minimum atomic E-state index is -0.537. The second-order valence-electron chi connectivity index (χ2n) is 2.92. The lowest BCUT2D eigenvalue weighted by molar-refractivity contribution is -0.385. The average molecular weight is 289 g/mol. The number of rotatable bonds is 5. The maximum atomic E-state index is 10.5. The van der Waals surface area contributed by atoms with E-state index in [9.17, 15) is 14.9 Å². The largest absolute Gasteiger partial charge is 0.370 e. The molecule has 7 nitrogen and oxygen atoms in total. The molecule has 1 heterocycles. The number of carbonyl (C=O) groups is 1. The third kappa shape index (κ3) is 3.46. The number of nitrogens with two attached hydrogens (primary N) is 1. The highest BCUT2D eigenvalue weighted by Crippen LogP contribution is 2.24. The first-order valence-electron chi connectivity index (χ1n) is 4.33. The molecule has 0 radical (unpaired) electrons. The summed E-state index contributed by atoms with van der Waals surface area (Å²) in [5, 5.41) is 13.3. The molecule has 1 aromatic heterocycles. The molecule has 0 unspecified atom stereocenters. The summed E-state index contributed by atoms with van der Waals surface area (Å²) >= 11 is 3.14. The first kappa shape index (κ1) is 12.4. The van der Waals surface area contributed by atoms with Crippen molar-refractivity contribution in [3.8, 4) is 0 Å². The van der Waals surface area contributed by atoms with E-state index in [0.29, 0.717) is 16.8 Å². The van der Waals surface area contributed by atoms with Gasteiger partial charge < -0.3 is 11.1 Å². The van der Waals surface area contributed by atoms with Crippen LogP contribution in [0.3, 0.4) is 0 Å². The summed E-state index contributed by atoms with van der Waals surface area (Å²) in [7, 11) is 0. The molecule has 3 N–H and O–H groups in total. The number of anilines is 1. The first-order chi connectivity index (χ1) is 7.50. The lowest BCUT2D eigenvalue weighted by Crippen LogP contribution is -2.16. The van der Waals surface area contributed by atoms with Crippen molar-refractivity contribution in [1.29, 1.82) is 0 Å². The van der Waals surface area contributed by atoms with Crippen LogP contribution in [0.1, 0.15) is 6.42 Å². The zero-order chi connectivity index (χ0) is 12.1. The van der Waals surface area contributed by atoms with Crippen molar-refractivity contribution in [1.82, 2.24) is 4.98 Å². The summed E-state index contributed by atoms with van der Waals surface area (Å²) in [6.45, 7) is 0.332. The van der Waals surface area contributed by atoms with Gasteiger partial charge in [-0.1, -0.05) is 0 Å². The van der Waals surface area contributed by atoms with Crippen molar-refractivity contribution in [2.24, 2.45) is 5.73 Å². The molecule has 1 amide bonds. The Balaban J connectivity index is 2.68. The molecule has 0 saturated carbocycles. The van der Waals surface area contributed by atoms with Crippen LogP contribution < -0.4 is 11.1 Å². The van der Waals surface area contributed by atoms with Crippen LogP contribution in [0.5, 0.6) is 0 Å². The van der Waals surface area contributed by atoms with E-state index in [0.717, 1.165) is 6.20 Å². The van der Waals surface area contributed by atoms with Crippen LogP contribution in [0.2, 0.25) is 0 Å². The van der Waals surface area contributed by atoms with Gasteiger partial charge in [0.25, 0.3) is 5.69 Å². The first-order valence-corrected chi connectivity index (χ1v) is 5.12. The standard InChI is InChI=1S/C8H9BrN4O3/c9-6-3-5(13(15)16)4-12-8(6)11-2-1-7(10)14/h3-4H,1-2H2,(H2,10,14)(H,11,12). The number of primary amides is 1. The second-order valence-corrected chi connectivity index (χ2v) is 3.78. The normalized spacial score (nSPS) is 9.81. The van der Waals surface area contributed by atoms with Crippen molar-refractivity contribution in [2.45, 2.75) is 6.42 Å². The zero-order valence-electron chi connectivity index (χ0n) is 8.14. The van der Waals surface area contributed by atoms with Gasteiger partial charge in [-0.2, -0.15) is 0 Å². The van der Waals surface area contributed by atoms with E-state index in [1.165, 1.54) is 6.07 Å². The highest BCUT2D eigenvalue weighted by molar-refractivity contribution is 9.10. The average Bonchev–Trinajstić information content (AvgIpc) is 2.19. The Morgan fingerprint density at radius 3 is 2.88 bits per heavy atom. The fourth-order valence-electron chi connectivity index (χ4n) is 0.962. The number of carbonyl (C=O) groups excluding carboxylic acids is 1. The number of hydrogen-bond donors (Lipinski definition) is 2. The quantitative estimate of drug-likeness (QED) is 0.621.